The SMILES string of the molecule is CCCCC(=O)O.SS. The molecule has 0 bridgehead atoms. The predicted molar refractivity (Wildman–Crippen MR) is 45.1 cm³/mol. The molecule has 0 fully saturated rings. The minimum Gasteiger partial charge on any atom is -0.481 e. The maximum Gasteiger partial charge on any atom is 0.303 e. The number of carboxylic acids is 1. The third-order valence-electron chi connectivity index (χ3n) is 0.744. The Hall–Kier alpha value is 0.170. The lowest BCUT2D eigenvalue weighted by molar-refractivity contribution is -0.137. The van der Waals surface area contributed by atoms with E-state index < -0.39 is 5.97 Å². The lowest BCUT2D eigenvalue weighted by atomic mass is 10.3. The summed E-state index contributed by atoms with van der Waals surface area (Å²) in [6.07, 6.45) is 2.08. The molecule has 0 aromatic carbocycles. The van der Waals surface area contributed by atoms with Gasteiger partial charge in [0.2, 0.25) is 0 Å². The van der Waals surface area contributed by atoms with E-state index in [1.165, 1.54) is 0 Å². The number of carbonyl (C=O) groups is 1. The van der Waals surface area contributed by atoms with Crippen molar-refractivity contribution in [1.82, 2.24) is 0 Å². The highest BCUT2D eigenvalue weighted by Gasteiger charge is 1.90. The number of thiol groups is 2. The summed E-state index contributed by atoms with van der Waals surface area (Å²) in [5, 5.41) is 8.04. The highest BCUT2D eigenvalue weighted by molar-refractivity contribution is 8.59. The van der Waals surface area contributed by atoms with Crippen LogP contribution < -0.4 is 0 Å². The molecule has 0 aromatic rings. The smallest absolute Gasteiger partial charge is 0.303 e. The van der Waals surface area contributed by atoms with E-state index in [-0.39, 0.29) is 0 Å². The second-order valence-electron chi connectivity index (χ2n) is 1.50. The van der Waals surface area contributed by atoms with Crippen molar-refractivity contribution in [3.63, 3.8) is 0 Å². The van der Waals surface area contributed by atoms with Crippen molar-refractivity contribution >= 4 is 29.3 Å². The van der Waals surface area contributed by atoms with Crippen molar-refractivity contribution in [3.8, 4) is 0 Å². The van der Waals surface area contributed by atoms with Gasteiger partial charge in [0.15, 0.2) is 0 Å². The van der Waals surface area contributed by atoms with Gasteiger partial charge in [-0.3, -0.25) is 4.79 Å². The summed E-state index contributed by atoms with van der Waals surface area (Å²) in [4.78, 5) is 9.76. The number of unbranched alkanes of at least 4 members (excludes halogenated alkanes) is 1. The van der Waals surface area contributed by atoms with Crippen LogP contribution >= 0.6 is 23.3 Å². The molecule has 1 N–H and O–H groups in total. The van der Waals surface area contributed by atoms with Gasteiger partial charge >= 0.3 is 5.97 Å². The third-order valence-corrected chi connectivity index (χ3v) is 0.744. The van der Waals surface area contributed by atoms with Crippen molar-refractivity contribution in [2.24, 2.45) is 0 Å². The van der Waals surface area contributed by atoms with Crippen LogP contribution in [0.3, 0.4) is 0 Å². The Morgan fingerprint density at radius 2 is 2.00 bits per heavy atom. The molecule has 0 saturated heterocycles. The first-order valence-electron chi connectivity index (χ1n) is 2.69. The molecule has 0 aromatic heterocycles. The van der Waals surface area contributed by atoms with Crippen molar-refractivity contribution < 1.29 is 9.90 Å². The zero-order chi connectivity index (χ0) is 7.70. The molecular formula is C5H12O2S2. The third kappa shape index (κ3) is 17.9. The van der Waals surface area contributed by atoms with E-state index in [1.807, 2.05) is 6.92 Å². The summed E-state index contributed by atoms with van der Waals surface area (Å²) in [6.45, 7) is 1.98. The van der Waals surface area contributed by atoms with Crippen molar-refractivity contribution in [2.75, 3.05) is 0 Å². The number of hydrogen-bond acceptors (Lipinski definition) is 3. The summed E-state index contributed by atoms with van der Waals surface area (Å²) in [7, 11) is 0. The second kappa shape index (κ2) is 11.0. The van der Waals surface area contributed by atoms with Gasteiger partial charge in [0.25, 0.3) is 0 Å². The summed E-state index contributed by atoms with van der Waals surface area (Å²) >= 11 is 6.44. The summed E-state index contributed by atoms with van der Waals surface area (Å²) in [6, 6.07) is 0. The van der Waals surface area contributed by atoms with Gasteiger partial charge in [-0.1, -0.05) is 13.3 Å². The maximum atomic E-state index is 9.76. The van der Waals surface area contributed by atoms with E-state index >= 15 is 0 Å². The molecule has 4 heteroatoms. The summed E-state index contributed by atoms with van der Waals surface area (Å²) in [5.41, 5.74) is 0. The van der Waals surface area contributed by atoms with Crippen LogP contribution in [0, 0.1) is 0 Å². The minimum atomic E-state index is -0.693. The normalized spacial score (nSPS) is 7.44. The molecule has 0 aliphatic rings. The average Bonchev–Trinajstić information content (AvgIpc) is 1.88. The Balaban J connectivity index is 0. The van der Waals surface area contributed by atoms with Crippen molar-refractivity contribution in [2.45, 2.75) is 26.2 Å². The van der Waals surface area contributed by atoms with Gasteiger partial charge < -0.3 is 5.11 Å². The Morgan fingerprint density at radius 3 is 2.11 bits per heavy atom. The lowest BCUT2D eigenvalue weighted by Gasteiger charge is -1.85. The first-order valence-corrected chi connectivity index (χ1v) is 4.29. The summed E-state index contributed by atoms with van der Waals surface area (Å²) < 4.78 is 0. The number of carboxylic acid groups (broad SMARTS) is 1. The van der Waals surface area contributed by atoms with Crippen LogP contribution in [-0.2, 0) is 4.79 Å². The largest absolute Gasteiger partial charge is 0.481 e. The van der Waals surface area contributed by atoms with E-state index in [9.17, 15) is 4.79 Å². The van der Waals surface area contributed by atoms with Gasteiger partial charge in [0.1, 0.15) is 0 Å². The van der Waals surface area contributed by atoms with E-state index in [2.05, 4.69) is 23.3 Å². The molecule has 0 saturated carbocycles. The quantitative estimate of drug-likeness (QED) is 0.445. The first-order chi connectivity index (χ1) is 4.27. The molecule has 2 nitrogen and oxygen atoms in total. The first kappa shape index (κ1) is 11.9. The topological polar surface area (TPSA) is 37.3 Å². The van der Waals surface area contributed by atoms with Crippen LogP contribution in [-0.4, -0.2) is 11.1 Å². The standard InChI is InChI=1S/C5H10O2.H2S2/c1-2-3-4-5(6)7;1-2/h2-4H2,1H3,(H,6,7);1-2H. The molecule has 0 spiro atoms. The highest BCUT2D eigenvalue weighted by atomic mass is 33.1. The van der Waals surface area contributed by atoms with Gasteiger partial charge in [-0.15, -0.1) is 23.3 Å². The molecular weight excluding hydrogens is 156 g/mol. The van der Waals surface area contributed by atoms with Gasteiger partial charge in [-0.05, 0) is 6.42 Å². The van der Waals surface area contributed by atoms with Gasteiger partial charge in [-0.2, -0.15) is 0 Å². The zero-order valence-corrected chi connectivity index (χ0v) is 7.16. The van der Waals surface area contributed by atoms with Crippen LogP contribution in [0.25, 0.3) is 0 Å². The molecule has 0 aliphatic carbocycles. The van der Waals surface area contributed by atoms with Crippen molar-refractivity contribution in [1.29, 1.82) is 0 Å². The molecule has 0 radical (unpaired) electrons. The van der Waals surface area contributed by atoms with Crippen LogP contribution in [0.2, 0.25) is 0 Å². The van der Waals surface area contributed by atoms with E-state index in [1.54, 1.807) is 0 Å². The molecule has 0 rings (SSSR count). The lowest BCUT2D eigenvalue weighted by Crippen LogP contribution is -1.91. The van der Waals surface area contributed by atoms with E-state index in [0.717, 1.165) is 12.8 Å². The Morgan fingerprint density at radius 1 is 1.56 bits per heavy atom. The highest BCUT2D eigenvalue weighted by Crippen LogP contribution is 1.91. The molecule has 0 heterocycles. The van der Waals surface area contributed by atoms with E-state index in [0.29, 0.717) is 6.42 Å². The zero-order valence-electron chi connectivity index (χ0n) is 5.37. The number of rotatable bonds is 3. The Kier molecular flexibility index (Phi) is 14.6. The molecule has 0 amide bonds. The fraction of sp³-hybridized carbons (Fsp3) is 0.800. The van der Waals surface area contributed by atoms with Gasteiger partial charge in [0, 0.05) is 6.42 Å². The van der Waals surface area contributed by atoms with E-state index in [4.69, 9.17) is 5.11 Å². The average molecular weight is 168 g/mol. The van der Waals surface area contributed by atoms with Gasteiger partial charge in [-0.25, -0.2) is 0 Å². The molecule has 56 valence electrons. The van der Waals surface area contributed by atoms with Gasteiger partial charge in [0.05, 0.1) is 0 Å². The Bertz CT molecular complexity index is 66.0. The van der Waals surface area contributed by atoms with Crippen molar-refractivity contribution in [3.05, 3.63) is 0 Å². The summed E-state index contributed by atoms with van der Waals surface area (Å²) in [5.74, 6) is -0.693. The molecule has 9 heavy (non-hydrogen) atoms. The fourth-order valence-electron chi connectivity index (χ4n) is 0.328. The Labute approximate surface area is 65.9 Å². The number of hydrogen-bond donors (Lipinski definition) is 3. The predicted octanol–water partition coefficient (Wildman–Crippen LogP) is 2.02. The van der Waals surface area contributed by atoms with Crippen LogP contribution in [0.15, 0.2) is 0 Å². The van der Waals surface area contributed by atoms with Crippen LogP contribution in [0.5, 0.6) is 0 Å². The molecule has 0 atom stereocenters. The number of aliphatic carboxylic acids is 1. The monoisotopic (exact) mass is 168 g/mol. The second-order valence-corrected chi connectivity index (χ2v) is 1.50. The fourth-order valence-corrected chi connectivity index (χ4v) is 0.328. The van der Waals surface area contributed by atoms with Crippen LogP contribution in [0.1, 0.15) is 26.2 Å². The minimum absolute atomic E-state index is 0.316. The van der Waals surface area contributed by atoms with Crippen LogP contribution in [0.4, 0.5) is 0 Å². The molecule has 0 aliphatic heterocycles. The molecule has 0 unspecified atom stereocenters. The maximum absolute atomic E-state index is 9.76.